The van der Waals surface area contributed by atoms with Gasteiger partial charge in [-0.15, -0.1) is 0 Å². The van der Waals surface area contributed by atoms with E-state index >= 15 is 0 Å². The summed E-state index contributed by atoms with van der Waals surface area (Å²) in [5, 5.41) is 9.88. The molecule has 2 aliphatic rings. The van der Waals surface area contributed by atoms with Crippen molar-refractivity contribution in [3.63, 3.8) is 0 Å². The van der Waals surface area contributed by atoms with Crippen molar-refractivity contribution < 1.29 is 18.9 Å². The van der Waals surface area contributed by atoms with Gasteiger partial charge in [-0.2, -0.15) is 5.26 Å². The lowest BCUT2D eigenvalue weighted by molar-refractivity contribution is 0.174. The van der Waals surface area contributed by atoms with Crippen molar-refractivity contribution in [2.75, 3.05) is 13.9 Å². The van der Waals surface area contributed by atoms with Gasteiger partial charge in [-0.3, -0.25) is 4.79 Å². The van der Waals surface area contributed by atoms with Crippen LogP contribution >= 0.6 is 0 Å². The molecule has 0 spiro atoms. The molecule has 3 aromatic rings. The van der Waals surface area contributed by atoms with Crippen LogP contribution in [0, 0.1) is 18.3 Å². The smallest absolute Gasteiger partial charge is 0.259 e. The Balaban J connectivity index is 1.67. The van der Waals surface area contributed by atoms with Gasteiger partial charge in [-0.25, -0.2) is 0 Å². The van der Waals surface area contributed by atoms with Crippen LogP contribution in [-0.2, 0) is 6.54 Å². The van der Waals surface area contributed by atoms with Crippen LogP contribution < -0.4 is 30.2 Å². The molecule has 0 bridgehead atoms. The predicted molar refractivity (Wildman–Crippen MR) is 119 cm³/mol. The maximum Gasteiger partial charge on any atom is 0.259 e. The Bertz CT molecular complexity index is 1400. The normalized spacial score (nSPS) is 16.1. The van der Waals surface area contributed by atoms with E-state index in [0.29, 0.717) is 46.4 Å². The first-order valence-corrected chi connectivity index (χ1v) is 10.3. The van der Waals surface area contributed by atoms with E-state index in [1.54, 1.807) is 23.8 Å². The molecule has 33 heavy (non-hydrogen) atoms. The maximum absolute atomic E-state index is 13.8. The fourth-order valence-corrected chi connectivity index (χ4v) is 4.32. The van der Waals surface area contributed by atoms with E-state index in [0.717, 1.165) is 5.56 Å². The minimum atomic E-state index is -0.717. The highest BCUT2D eigenvalue weighted by Gasteiger charge is 2.36. The zero-order valence-corrected chi connectivity index (χ0v) is 18.1. The van der Waals surface area contributed by atoms with E-state index < -0.39 is 5.92 Å². The van der Waals surface area contributed by atoms with Gasteiger partial charge in [0.15, 0.2) is 11.5 Å². The summed E-state index contributed by atoms with van der Waals surface area (Å²) < 4.78 is 23.8. The molecule has 166 valence electrons. The van der Waals surface area contributed by atoms with Gasteiger partial charge in [0.1, 0.15) is 23.1 Å². The number of benzene rings is 2. The van der Waals surface area contributed by atoms with Crippen LogP contribution in [0.25, 0.3) is 0 Å². The quantitative estimate of drug-likeness (QED) is 0.660. The second kappa shape index (κ2) is 7.95. The van der Waals surface area contributed by atoms with Crippen molar-refractivity contribution in [3.8, 4) is 29.1 Å². The molecule has 5 rings (SSSR count). The lowest BCUT2D eigenvalue weighted by Gasteiger charge is -2.28. The molecule has 0 saturated carbocycles. The molecule has 1 atom stereocenters. The number of pyridine rings is 1. The highest BCUT2D eigenvalue weighted by molar-refractivity contribution is 5.58. The van der Waals surface area contributed by atoms with Gasteiger partial charge in [0.25, 0.3) is 5.56 Å². The number of para-hydroxylation sites is 1. The molecule has 2 N–H and O–H groups in total. The highest BCUT2D eigenvalue weighted by Crippen LogP contribution is 2.43. The molecule has 0 radical (unpaired) electrons. The molecule has 8 heteroatoms. The Kier molecular flexibility index (Phi) is 4.94. The molecule has 8 nitrogen and oxygen atoms in total. The zero-order valence-electron chi connectivity index (χ0n) is 18.1. The summed E-state index contributed by atoms with van der Waals surface area (Å²) in [6.45, 7) is 2.32. The van der Waals surface area contributed by atoms with Gasteiger partial charge >= 0.3 is 0 Å². The van der Waals surface area contributed by atoms with E-state index in [1.807, 2.05) is 43.3 Å². The average Bonchev–Trinajstić information content (AvgIpc) is 3.29. The number of hydrogen-bond acceptors (Lipinski definition) is 7. The summed E-state index contributed by atoms with van der Waals surface area (Å²) in [7, 11) is 1.55. The Labute approximate surface area is 190 Å². The number of fused-ring (bicyclic) bond motifs is 2. The number of nitriles is 1. The second-order valence-corrected chi connectivity index (χ2v) is 7.81. The first-order valence-electron chi connectivity index (χ1n) is 10.3. The zero-order chi connectivity index (χ0) is 23.1. The van der Waals surface area contributed by atoms with Crippen LogP contribution in [0.15, 0.2) is 64.8 Å². The van der Waals surface area contributed by atoms with Crippen molar-refractivity contribution in [3.05, 3.63) is 92.7 Å². The predicted octanol–water partition coefficient (Wildman–Crippen LogP) is 3.16. The summed E-state index contributed by atoms with van der Waals surface area (Å²) >= 11 is 0. The van der Waals surface area contributed by atoms with Gasteiger partial charge in [-0.05, 0) is 30.7 Å². The molecule has 0 saturated heterocycles. The summed E-state index contributed by atoms with van der Waals surface area (Å²) in [5.74, 6) is 1.48. The number of methoxy groups -OCH3 is 1. The SMILES string of the molecule is COc1ccccc1C1C(C#N)=C(N)Oc2cc(C)n(Cc3ccc4c(c3)OCO4)c(=O)c21. The molecular formula is C25H21N3O5. The number of nitrogens with zero attached hydrogens (tertiary/aromatic N) is 2. The van der Waals surface area contributed by atoms with Crippen molar-refractivity contribution >= 4 is 0 Å². The van der Waals surface area contributed by atoms with Crippen LogP contribution in [0.1, 0.15) is 28.3 Å². The van der Waals surface area contributed by atoms with Gasteiger partial charge in [-0.1, -0.05) is 24.3 Å². The highest BCUT2D eigenvalue weighted by atomic mass is 16.7. The maximum atomic E-state index is 13.8. The lowest BCUT2D eigenvalue weighted by Crippen LogP contribution is -2.33. The third-order valence-electron chi connectivity index (χ3n) is 5.92. The number of allylic oxidation sites excluding steroid dienone is 1. The molecule has 0 fully saturated rings. The topological polar surface area (TPSA) is 109 Å². The Hall–Kier alpha value is -4.38. The summed E-state index contributed by atoms with van der Waals surface area (Å²) in [4.78, 5) is 13.8. The van der Waals surface area contributed by atoms with Crippen LogP contribution in [0.5, 0.6) is 23.0 Å². The third kappa shape index (κ3) is 3.34. The summed E-state index contributed by atoms with van der Waals surface area (Å²) in [6, 6.07) is 16.8. The summed E-state index contributed by atoms with van der Waals surface area (Å²) in [6.07, 6.45) is 0. The number of nitrogens with two attached hydrogens (primary N) is 1. The van der Waals surface area contributed by atoms with Gasteiger partial charge in [0.2, 0.25) is 12.7 Å². The largest absolute Gasteiger partial charge is 0.496 e. The van der Waals surface area contributed by atoms with Gasteiger partial charge in [0.05, 0.1) is 25.1 Å². The standard InChI is InChI=1S/C25H21N3O5/c1-14-9-21-23(25(29)28(14)12-15-7-8-19-20(10-15)32-13-31-19)22(17(11-26)24(27)33-21)16-5-3-4-6-18(16)30-2/h3-10,22H,12-13,27H2,1-2H3. The fourth-order valence-electron chi connectivity index (χ4n) is 4.32. The monoisotopic (exact) mass is 443 g/mol. The second-order valence-electron chi connectivity index (χ2n) is 7.81. The number of rotatable bonds is 4. The van der Waals surface area contributed by atoms with Crippen molar-refractivity contribution in [2.24, 2.45) is 5.73 Å². The van der Waals surface area contributed by atoms with Crippen LogP contribution in [0.4, 0.5) is 0 Å². The first kappa shape index (κ1) is 20.5. The Morgan fingerprint density at radius 3 is 2.73 bits per heavy atom. The number of aryl methyl sites for hydroxylation is 1. The van der Waals surface area contributed by atoms with Crippen LogP contribution in [0.3, 0.4) is 0 Å². The van der Waals surface area contributed by atoms with Gasteiger partial charge in [0, 0.05) is 17.3 Å². The van der Waals surface area contributed by atoms with Gasteiger partial charge < -0.3 is 29.2 Å². The molecule has 1 unspecified atom stereocenters. The van der Waals surface area contributed by atoms with Crippen LogP contribution in [0.2, 0.25) is 0 Å². The lowest BCUT2D eigenvalue weighted by atomic mass is 9.83. The van der Waals surface area contributed by atoms with E-state index in [2.05, 4.69) is 6.07 Å². The summed E-state index contributed by atoms with van der Waals surface area (Å²) in [5.41, 5.74) is 8.59. The Morgan fingerprint density at radius 2 is 1.94 bits per heavy atom. The molecule has 2 aliphatic heterocycles. The molecule has 1 aromatic heterocycles. The molecule has 0 amide bonds. The molecular weight excluding hydrogens is 422 g/mol. The van der Waals surface area contributed by atoms with E-state index in [1.165, 1.54) is 0 Å². The Morgan fingerprint density at radius 1 is 1.15 bits per heavy atom. The van der Waals surface area contributed by atoms with Crippen molar-refractivity contribution in [1.29, 1.82) is 5.26 Å². The third-order valence-corrected chi connectivity index (χ3v) is 5.92. The number of ether oxygens (including phenoxy) is 4. The van der Waals surface area contributed by atoms with Crippen molar-refractivity contribution in [2.45, 2.75) is 19.4 Å². The molecule has 2 aromatic carbocycles. The number of hydrogen-bond donors (Lipinski definition) is 1. The van der Waals surface area contributed by atoms with E-state index in [-0.39, 0.29) is 23.8 Å². The first-order chi connectivity index (χ1) is 16.0. The molecule has 0 aliphatic carbocycles. The minimum Gasteiger partial charge on any atom is -0.496 e. The van der Waals surface area contributed by atoms with E-state index in [9.17, 15) is 10.1 Å². The molecule has 3 heterocycles. The number of aromatic nitrogens is 1. The van der Waals surface area contributed by atoms with E-state index in [4.69, 9.17) is 24.7 Å². The van der Waals surface area contributed by atoms with Crippen LogP contribution in [-0.4, -0.2) is 18.5 Å². The van der Waals surface area contributed by atoms with Crippen molar-refractivity contribution in [1.82, 2.24) is 4.57 Å². The minimum absolute atomic E-state index is 0.0202. The fraction of sp³-hybridized carbons (Fsp3) is 0.200. The average molecular weight is 443 g/mol.